The van der Waals surface area contributed by atoms with Crippen molar-refractivity contribution in [2.45, 2.75) is 24.9 Å². The molecule has 3 aliphatic rings. The second-order valence-electron chi connectivity index (χ2n) is 10.5. The molecule has 10 heteroatoms. The highest BCUT2D eigenvalue weighted by Gasteiger charge is 2.70. The summed E-state index contributed by atoms with van der Waals surface area (Å²) in [7, 11) is 0. The lowest BCUT2D eigenvalue weighted by Gasteiger charge is -2.29. The Hall–Kier alpha value is -4.47. The molecule has 0 aliphatic carbocycles. The first-order valence-corrected chi connectivity index (χ1v) is 13.4. The molecule has 1 aromatic heterocycles. The van der Waals surface area contributed by atoms with Gasteiger partial charge in [-0.25, -0.2) is 4.90 Å². The van der Waals surface area contributed by atoms with E-state index < -0.39 is 35.2 Å². The van der Waals surface area contributed by atoms with Gasteiger partial charge in [0.2, 0.25) is 23.6 Å². The largest absolute Gasteiger partial charge is 0.361 e. The number of benzene rings is 3. The quantitative estimate of drug-likeness (QED) is 0.285. The Morgan fingerprint density at radius 3 is 2.55 bits per heavy atom. The fourth-order valence-electron chi connectivity index (χ4n) is 6.66. The average Bonchev–Trinajstić information content (AvgIpc) is 3.64. The Morgan fingerprint density at radius 1 is 1.00 bits per heavy atom. The average molecular weight is 554 g/mol. The molecule has 4 N–H and O–H groups in total. The molecule has 4 heterocycles. The Morgan fingerprint density at radius 2 is 1.77 bits per heavy atom. The van der Waals surface area contributed by atoms with Crippen LogP contribution >= 0.6 is 11.6 Å². The summed E-state index contributed by atoms with van der Waals surface area (Å²) in [5.74, 6) is -3.25. The Kier molecular flexibility index (Phi) is 5.39. The van der Waals surface area contributed by atoms with Gasteiger partial charge in [0.05, 0.1) is 28.2 Å². The lowest BCUT2D eigenvalue weighted by molar-refractivity contribution is -0.130. The molecule has 4 amide bonds. The van der Waals surface area contributed by atoms with Gasteiger partial charge in [-0.1, -0.05) is 41.9 Å². The first-order valence-electron chi connectivity index (χ1n) is 13.0. The number of aromatic amines is 1. The van der Waals surface area contributed by atoms with Crippen LogP contribution in [-0.4, -0.2) is 34.7 Å². The van der Waals surface area contributed by atoms with Crippen molar-refractivity contribution in [2.75, 3.05) is 15.5 Å². The van der Waals surface area contributed by atoms with E-state index in [1.807, 2.05) is 30.5 Å². The molecule has 0 unspecified atom stereocenters. The number of hydrogen-bond donors (Lipinski definition) is 4. The van der Waals surface area contributed by atoms with Crippen molar-refractivity contribution >= 4 is 63.2 Å². The molecule has 9 nitrogen and oxygen atoms in total. The van der Waals surface area contributed by atoms with E-state index in [2.05, 4.69) is 20.9 Å². The number of fused-ring (bicyclic) bond motifs is 5. The van der Waals surface area contributed by atoms with Crippen molar-refractivity contribution < 1.29 is 19.2 Å². The van der Waals surface area contributed by atoms with Gasteiger partial charge in [0.25, 0.3) is 0 Å². The number of carbonyl (C=O) groups excluding carboxylic acids is 4. The van der Waals surface area contributed by atoms with E-state index in [0.717, 1.165) is 16.5 Å². The summed E-state index contributed by atoms with van der Waals surface area (Å²) >= 11 is 6.46. The number of nitrogens with zero attached hydrogens (tertiary/aromatic N) is 1. The fraction of sp³-hybridized carbons (Fsp3) is 0.200. The number of rotatable bonds is 4. The maximum atomic E-state index is 14.2. The SMILES string of the molecule is CC(=O)Nc1ccc(N2C(=O)[C@@H]3[C@@H](C2=O)[C@@]2(N[C@@H]3Cc3c[nH]c4ccccc34)C(=O)Nc3c(Cl)cccc32)cc1. The maximum Gasteiger partial charge on any atom is 0.250 e. The molecule has 4 atom stereocenters. The number of imide groups is 1. The van der Waals surface area contributed by atoms with E-state index >= 15 is 0 Å². The normalized spacial score (nSPS) is 25.0. The molecular formula is C30H24ClN5O4. The number of para-hydroxylation sites is 2. The highest BCUT2D eigenvalue weighted by molar-refractivity contribution is 6.35. The minimum absolute atomic E-state index is 0.228. The first kappa shape index (κ1) is 24.6. The van der Waals surface area contributed by atoms with E-state index in [0.29, 0.717) is 34.1 Å². The number of nitrogens with one attached hydrogen (secondary N) is 4. The molecule has 4 aromatic rings. The Balaban J connectivity index is 1.34. The molecular weight excluding hydrogens is 530 g/mol. The van der Waals surface area contributed by atoms with Crippen LogP contribution in [0, 0.1) is 11.8 Å². The lowest BCUT2D eigenvalue weighted by Crippen LogP contribution is -2.53. The van der Waals surface area contributed by atoms with Crippen molar-refractivity contribution in [2.24, 2.45) is 11.8 Å². The van der Waals surface area contributed by atoms with Crippen molar-refractivity contribution in [1.82, 2.24) is 10.3 Å². The van der Waals surface area contributed by atoms with Gasteiger partial charge in [0, 0.05) is 41.3 Å². The molecule has 3 aliphatic heterocycles. The lowest BCUT2D eigenvalue weighted by atomic mass is 9.76. The first-order chi connectivity index (χ1) is 19.3. The van der Waals surface area contributed by atoms with Crippen LogP contribution in [-0.2, 0) is 31.1 Å². The van der Waals surface area contributed by atoms with Crippen LogP contribution in [0.5, 0.6) is 0 Å². The van der Waals surface area contributed by atoms with Crippen molar-refractivity contribution in [3.63, 3.8) is 0 Å². The molecule has 200 valence electrons. The Bertz CT molecular complexity index is 1750. The number of H-pyrrole nitrogens is 1. The molecule has 0 saturated carbocycles. The minimum atomic E-state index is -1.46. The summed E-state index contributed by atoms with van der Waals surface area (Å²) in [5, 5.41) is 10.4. The highest BCUT2D eigenvalue weighted by Crippen LogP contribution is 2.55. The van der Waals surface area contributed by atoms with Crippen molar-refractivity contribution in [3.8, 4) is 0 Å². The van der Waals surface area contributed by atoms with Crippen LogP contribution in [0.15, 0.2) is 72.9 Å². The van der Waals surface area contributed by atoms with E-state index in [9.17, 15) is 19.2 Å². The molecule has 2 saturated heterocycles. The summed E-state index contributed by atoms with van der Waals surface area (Å²) in [6, 6.07) is 19.1. The zero-order valence-electron chi connectivity index (χ0n) is 21.3. The fourth-order valence-corrected chi connectivity index (χ4v) is 6.88. The summed E-state index contributed by atoms with van der Waals surface area (Å²) in [6.45, 7) is 1.40. The third-order valence-corrected chi connectivity index (χ3v) is 8.57. The smallest absolute Gasteiger partial charge is 0.250 e. The number of carbonyl (C=O) groups is 4. The van der Waals surface area contributed by atoms with Crippen LogP contribution in [0.25, 0.3) is 10.9 Å². The van der Waals surface area contributed by atoms with E-state index in [1.54, 1.807) is 42.5 Å². The third kappa shape index (κ3) is 3.38. The number of amides is 4. The van der Waals surface area contributed by atoms with Gasteiger partial charge < -0.3 is 15.6 Å². The monoisotopic (exact) mass is 553 g/mol. The predicted octanol–water partition coefficient (Wildman–Crippen LogP) is 3.95. The van der Waals surface area contributed by atoms with Gasteiger partial charge in [-0.3, -0.25) is 24.5 Å². The molecule has 40 heavy (non-hydrogen) atoms. The van der Waals surface area contributed by atoms with Gasteiger partial charge in [0.15, 0.2) is 0 Å². The number of aromatic nitrogens is 1. The number of halogens is 1. The van der Waals surface area contributed by atoms with Crippen LogP contribution in [0.1, 0.15) is 18.1 Å². The zero-order valence-corrected chi connectivity index (χ0v) is 22.1. The molecule has 7 rings (SSSR count). The van der Waals surface area contributed by atoms with E-state index in [-0.39, 0.29) is 11.8 Å². The van der Waals surface area contributed by atoms with Crippen LogP contribution in [0.4, 0.5) is 17.1 Å². The van der Waals surface area contributed by atoms with Crippen LogP contribution in [0.2, 0.25) is 5.02 Å². The maximum absolute atomic E-state index is 14.2. The van der Waals surface area contributed by atoms with E-state index in [1.165, 1.54) is 11.8 Å². The van der Waals surface area contributed by atoms with Gasteiger partial charge in [-0.2, -0.15) is 0 Å². The molecule has 1 spiro atoms. The second-order valence-corrected chi connectivity index (χ2v) is 10.9. The van der Waals surface area contributed by atoms with Gasteiger partial charge >= 0.3 is 0 Å². The topological polar surface area (TPSA) is 123 Å². The number of hydrogen-bond acceptors (Lipinski definition) is 5. The third-order valence-electron chi connectivity index (χ3n) is 8.26. The minimum Gasteiger partial charge on any atom is -0.361 e. The zero-order chi connectivity index (χ0) is 27.8. The summed E-state index contributed by atoms with van der Waals surface area (Å²) < 4.78 is 0. The molecule has 2 fully saturated rings. The highest BCUT2D eigenvalue weighted by atomic mass is 35.5. The van der Waals surface area contributed by atoms with Gasteiger partial charge in [-0.05, 0) is 48.4 Å². The summed E-state index contributed by atoms with van der Waals surface area (Å²) in [6.07, 6.45) is 2.33. The number of anilines is 3. The summed E-state index contributed by atoms with van der Waals surface area (Å²) in [5.41, 5.74) is 2.42. The van der Waals surface area contributed by atoms with Crippen LogP contribution < -0.4 is 20.9 Å². The van der Waals surface area contributed by atoms with Gasteiger partial charge in [-0.15, -0.1) is 0 Å². The summed E-state index contributed by atoms with van der Waals surface area (Å²) in [4.78, 5) is 58.0. The van der Waals surface area contributed by atoms with Crippen molar-refractivity contribution in [1.29, 1.82) is 0 Å². The van der Waals surface area contributed by atoms with Crippen molar-refractivity contribution in [3.05, 3.63) is 89.1 Å². The van der Waals surface area contributed by atoms with Gasteiger partial charge in [0.1, 0.15) is 5.54 Å². The molecule has 0 radical (unpaired) electrons. The molecule has 0 bridgehead atoms. The second kappa shape index (κ2) is 8.77. The Labute approximate surface area is 233 Å². The van der Waals surface area contributed by atoms with E-state index in [4.69, 9.17) is 11.6 Å². The predicted molar refractivity (Wildman–Crippen MR) is 151 cm³/mol. The van der Waals surface area contributed by atoms with Crippen LogP contribution in [0.3, 0.4) is 0 Å². The standard InChI is InChI=1S/C30H24ClN5O4/c1-15(37)33-17-9-11-18(12-10-17)36-27(38)24-23(13-16-14-32-22-8-3-2-5-19(16)22)35-30(25(24)28(36)39)20-6-4-7-21(31)26(20)34-29(30)40/h2-12,14,23-25,32,35H,13H2,1H3,(H,33,37)(H,34,40)/t23-,24+,25+,30-/m1/s1. The molecule has 3 aromatic carbocycles.